The van der Waals surface area contributed by atoms with Crippen LogP contribution in [0.1, 0.15) is 17.3 Å². The van der Waals surface area contributed by atoms with Crippen molar-refractivity contribution >= 4 is 42.3 Å². The number of likely N-dealkylation sites (N-methyl/N-ethyl adjacent to an activating group) is 1. The minimum atomic E-state index is -0.0000373. The van der Waals surface area contributed by atoms with Crippen molar-refractivity contribution in [2.75, 3.05) is 45.0 Å². The van der Waals surface area contributed by atoms with Crippen LogP contribution in [0.3, 0.4) is 0 Å². The molecular weight excluding hydrogens is 339 g/mol. The zero-order chi connectivity index (χ0) is 15.2. The summed E-state index contributed by atoms with van der Waals surface area (Å²) >= 11 is 0. The van der Waals surface area contributed by atoms with E-state index in [1.165, 1.54) is 0 Å². The van der Waals surface area contributed by atoms with E-state index in [2.05, 4.69) is 10.2 Å². The normalized spacial score (nSPS) is 14.4. The van der Waals surface area contributed by atoms with E-state index < -0.39 is 0 Å². The molecule has 8 heteroatoms. The van der Waals surface area contributed by atoms with Crippen LogP contribution in [0.25, 0.3) is 0 Å². The van der Waals surface area contributed by atoms with Gasteiger partial charge in [0.2, 0.25) is 5.91 Å². The molecule has 2 amide bonds. The molecule has 6 nitrogen and oxygen atoms in total. The number of piperazine rings is 1. The van der Waals surface area contributed by atoms with Crippen molar-refractivity contribution in [3.8, 4) is 0 Å². The van der Waals surface area contributed by atoms with E-state index >= 15 is 0 Å². The molecule has 0 saturated carbocycles. The predicted molar refractivity (Wildman–Crippen MR) is 96.4 cm³/mol. The van der Waals surface area contributed by atoms with Crippen molar-refractivity contribution in [2.24, 2.45) is 0 Å². The largest absolute Gasteiger partial charge is 0.399 e. The molecule has 1 aromatic carbocycles. The Morgan fingerprint density at radius 1 is 1.17 bits per heavy atom. The third-order valence-corrected chi connectivity index (χ3v) is 3.53. The summed E-state index contributed by atoms with van der Waals surface area (Å²) in [6, 6.07) is 7.03. The summed E-state index contributed by atoms with van der Waals surface area (Å²) in [6.07, 6.45) is 0. The fraction of sp³-hybridized carbons (Fsp3) is 0.467. The van der Waals surface area contributed by atoms with Gasteiger partial charge in [-0.1, -0.05) is 6.07 Å². The second kappa shape index (κ2) is 10.3. The Hall–Kier alpha value is -1.50. The van der Waals surface area contributed by atoms with Crippen LogP contribution in [-0.2, 0) is 4.79 Å². The summed E-state index contributed by atoms with van der Waals surface area (Å²) < 4.78 is 0. The number of hydrogen-bond acceptors (Lipinski definition) is 4. The van der Waals surface area contributed by atoms with E-state index in [0.29, 0.717) is 50.5 Å². The number of rotatable bonds is 4. The molecule has 3 N–H and O–H groups in total. The fourth-order valence-corrected chi connectivity index (χ4v) is 2.42. The molecule has 0 unspecified atom stereocenters. The second-order valence-corrected chi connectivity index (χ2v) is 5.15. The Labute approximate surface area is 149 Å². The highest BCUT2D eigenvalue weighted by Crippen LogP contribution is 2.11. The Kier molecular flexibility index (Phi) is 9.64. The molecule has 0 bridgehead atoms. The molecule has 0 aromatic heterocycles. The minimum Gasteiger partial charge on any atom is -0.399 e. The van der Waals surface area contributed by atoms with E-state index in [9.17, 15) is 9.59 Å². The number of amides is 2. The number of nitrogens with one attached hydrogen (secondary N) is 1. The van der Waals surface area contributed by atoms with Gasteiger partial charge in [0.1, 0.15) is 0 Å². The molecule has 0 radical (unpaired) electrons. The van der Waals surface area contributed by atoms with E-state index in [0.717, 1.165) is 0 Å². The molecule has 1 aliphatic heterocycles. The van der Waals surface area contributed by atoms with Crippen LogP contribution in [0.5, 0.6) is 0 Å². The summed E-state index contributed by atoms with van der Waals surface area (Å²) in [5.74, 6) is 0.0352. The number of carbonyl (C=O) groups excluding carboxylic acids is 2. The third-order valence-electron chi connectivity index (χ3n) is 3.53. The van der Waals surface area contributed by atoms with Crippen molar-refractivity contribution in [1.82, 2.24) is 15.1 Å². The molecule has 0 atom stereocenters. The number of hydrogen-bond donors (Lipinski definition) is 2. The maximum atomic E-state index is 12.4. The van der Waals surface area contributed by atoms with Gasteiger partial charge in [-0.2, -0.15) is 0 Å². The summed E-state index contributed by atoms with van der Waals surface area (Å²) in [5.41, 5.74) is 6.92. The number of carbonyl (C=O) groups is 2. The molecule has 1 heterocycles. The average molecular weight is 363 g/mol. The van der Waals surface area contributed by atoms with E-state index in [1.807, 2.05) is 11.8 Å². The van der Waals surface area contributed by atoms with Crippen LogP contribution in [0.4, 0.5) is 5.69 Å². The maximum Gasteiger partial charge on any atom is 0.254 e. The highest BCUT2D eigenvalue weighted by Gasteiger charge is 2.23. The molecular formula is C15H24Cl2N4O2. The molecule has 130 valence electrons. The fourth-order valence-electron chi connectivity index (χ4n) is 2.42. The first-order valence-electron chi connectivity index (χ1n) is 7.24. The highest BCUT2D eigenvalue weighted by atomic mass is 35.5. The molecule has 23 heavy (non-hydrogen) atoms. The topological polar surface area (TPSA) is 78.7 Å². The molecule has 0 aliphatic carbocycles. The molecule has 1 aromatic rings. The van der Waals surface area contributed by atoms with Gasteiger partial charge in [-0.05, 0) is 25.1 Å². The Morgan fingerprint density at radius 2 is 1.83 bits per heavy atom. The lowest BCUT2D eigenvalue weighted by Crippen LogP contribution is -2.51. The number of nitrogen functional groups attached to an aromatic ring is 1. The van der Waals surface area contributed by atoms with Gasteiger partial charge in [-0.15, -0.1) is 24.8 Å². The van der Waals surface area contributed by atoms with Gasteiger partial charge in [0, 0.05) is 44.0 Å². The minimum absolute atomic E-state index is 0. The van der Waals surface area contributed by atoms with Gasteiger partial charge in [0.15, 0.2) is 0 Å². The summed E-state index contributed by atoms with van der Waals surface area (Å²) in [4.78, 5) is 27.8. The Balaban J connectivity index is 0.00000242. The van der Waals surface area contributed by atoms with Crippen molar-refractivity contribution in [2.45, 2.75) is 6.92 Å². The van der Waals surface area contributed by atoms with Crippen LogP contribution in [0, 0.1) is 0 Å². The van der Waals surface area contributed by atoms with Crippen LogP contribution in [-0.4, -0.2) is 60.9 Å². The van der Waals surface area contributed by atoms with Gasteiger partial charge in [-0.3, -0.25) is 14.5 Å². The number of anilines is 1. The van der Waals surface area contributed by atoms with Crippen LogP contribution < -0.4 is 11.1 Å². The van der Waals surface area contributed by atoms with E-state index in [-0.39, 0.29) is 36.6 Å². The Bertz CT molecular complexity index is 520. The monoisotopic (exact) mass is 362 g/mol. The lowest BCUT2D eigenvalue weighted by atomic mass is 10.1. The van der Waals surface area contributed by atoms with Gasteiger partial charge < -0.3 is 16.0 Å². The zero-order valence-corrected chi connectivity index (χ0v) is 14.8. The third kappa shape index (κ3) is 6.25. The first kappa shape index (κ1) is 21.5. The zero-order valence-electron chi connectivity index (χ0n) is 13.2. The van der Waals surface area contributed by atoms with Gasteiger partial charge in [0.05, 0.1) is 6.54 Å². The number of nitrogens with two attached hydrogens (primary N) is 1. The highest BCUT2D eigenvalue weighted by molar-refractivity contribution is 5.95. The second-order valence-electron chi connectivity index (χ2n) is 5.15. The molecule has 1 aliphatic rings. The van der Waals surface area contributed by atoms with Gasteiger partial charge in [-0.25, -0.2) is 0 Å². The summed E-state index contributed by atoms with van der Waals surface area (Å²) in [7, 11) is 0. The van der Waals surface area contributed by atoms with Gasteiger partial charge in [0.25, 0.3) is 5.91 Å². The standard InChI is InChI=1S/C15H22N4O2.2ClH/c1-2-17-14(20)11-18-6-8-19(9-7-18)15(21)12-4-3-5-13(16)10-12;;/h3-5,10H,2,6-9,11,16H2,1H3,(H,17,20);2*1H. The number of halogens is 2. The number of benzene rings is 1. The van der Waals surface area contributed by atoms with Crippen LogP contribution in [0.2, 0.25) is 0 Å². The summed E-state index contributed by atoms with van der Waals surface area (Å²) in [5, 5.41) is 2.78. The average Bonchev–Trinajstić information content (AvgIpc) is 2.47. The first-order chi connectivity index (χ1) is 10.1. The van der Waals surface area contributed by atoms with E-state index in [4.69, 9.17) is 5.73 Å². The lowest BCUT2D eigenvalue weighted by Gasteiger charge is -2.34. The van der Waals surface area contributed by atoms with Crippen LogP contribution in [0.15, 0.2) is 24.3 Å². The molecule has 1 saturated heterocycles. The van der Waals surface area contributed by atoms with Crippen LogP contribution >= 0.6 is 24.8 Å². The van der Waals surface area contributed by atoms with Crippen molar-refractivity contribution in [3.05, 3.63) is 29.8 Å². The quantitative estimate of drug-likeness (QED) is 0.783. The van der Waals surface area contributed by atoms with Gasteiger partial charge >= 0.3 is 0 Å². The molecule has 2 rings (SSSR count). The Morgan fingerprint density at radius 3 is 2.39 bits per heavy atom. The molecule has 1 fully saturated rings. The maximum absolute atomic E-state index is 12.4. The lowest BCUT2D eigenvalue weighted by molar-refractivity contribution is -0.122. The first-order valence-corrected chi connectivity index (χ1v) is 7.24. The van der Waals surface area contributed by atoms with Crippen molar-refractivity contribution in [3.63, 3.8) is 0 Å². The predicted octanol–water partition coefficient (Wildman–Crippen LogP) is 1.01. The molecule has 0 spiro atoms. The SMILES string of the molecule is CCNC(=O)CN1CCN(C(=O)c2cccc(N)c2)CC1.Cl.Cl. The van der Waals surface area contributed by atoms with E-state index in [1.54, 1.807) is 24.3 Å². The van der Waals surface area contributed by atoms with Crippen molar-refractivity contribution in [1.29, 1.82) is 0 Å². The van der Waals surface area contributed by atoms with Crippen molar-refractivity contribution < 1.29 is 9.59 Å². The summed E-state index contributed by atoms with van der Waals surface area (Å²) in [6.45, 7) is 5.64. The smallest absolute Gasteiger partial charge is 0.254 e. The number of nitrogens with zero attached hydrogens (tertiary/aromatic N) is 2.